The summed E-state index contributed by atoms with van der Waals surface area (Å²) in [7, 11) is 0. The first-order chi connectivity index (χ1) is 9.72. The molecule has 0 saturated carbocycles. The molecule has 104 valence electrons. The first-order valence-electron chi connectivity index (χ1n) is 6.73. The molecule has 1 aliphatic heterocycles. The zero-order valence-corrected chi connectivity index (χ0v) is 11.1. The average Bonchev–Trinajstić information content (AvgIpc) is 2.47. The molecule has 1 fully saturated rings. The Balaban J connectivity index is 1.69. The minimum Gasteiger partial charge on any atom is -0.368 e. The van der Waals surface area contributed by atoms with Crippen LogP contribution in [0.3, 0.4) is 0 Å². The predicted octanol–water partition coefficient (Wildman–Crippen LogP) is 3.29. The molecule has 0 unspecified atom stereocenters. The Bertz CT molecular complexity index is 558. The zero-order valence-electron chi connectivity index (χ0n) is 11.1. The van der Waals surface area contributed by atoms with E-state index in [1.807, 2.05) is 23.1 Å². The van der Waals surface area contributed by atoms with E-state index in [-0.39, 0.29) is 0 Å². The van der Waals surface area contributed by atoms with Crippen LogP contribution >= 0.6 is 0 Å². The highest BCUT2D eigenvalue weighted by molar-refractivity contribution is 5.51. The quantitative estimate of drug-likeness (QED) is 0.829. The molecular formula is C16H16F2N2. The Morgan fingerprint density at radius 3 is 1.70 bits per heavy atom. The number of hydrogen-bond acceptors (Lipinski definition) is 2. The first-order valence-corrected chi connectivity index (χ1v) is 6.73. The Labute approximate surface area is 117 Å². The first kappa shape index (κ1) is 12.9. The molecule has 1 saturated heterocycles. The zero-order chi connectivity index (χ0) is 13.9. The van der Waals surface area contributed by atoms with Crippen molar-refractivity contribution in [1.29, 1.82) is 0 Å². The second kappa shape index (κ2) is 5.49. The molecule has 2 aromatic carbocycles. The molecule has 2 aromatic rings. The number of anilines is 2. The van der Waals surface area contributed by atoms with Gasteiger partial charge in [0.25, 0.3) is 0 Å². The molecule has 0 N–H and O–H groups in total. The number of piperazine rings is 1. The van der Waals surface area contributed by atoms with Gasteiger partial charge in [-0.05, 0) is 24.3 Å². The molecule has 20 heavy (non-hydrogen) atoms. The molecule has 2 nitrogen and oxygen atoms in total. The van der Waals surface area contributed by atoms with Crippen molar-refractivity contribution in [3.05, 3.63) is 60.2 Å². The van der Waals surface area contributed by atoms with Crippen LogP contribution < -0.4 is 9.80 Å². The maximum absolute atomic E-state index is 13.2. The summed E-state index contributed by atoms with van der Waals surface area (Å²) in [5.41, 5.74) is 1.81. The number of halogens is 2. The lowest BCUT2D eigenvalue weighted by Gasteiger charge is -2.37. The molecule has 3 rings (SSSR count). The summed E-state index contributed by atoms with van der Waals surface area (Å²) in [4.78, 5) is 4.30. The summed E-state index contributed by atoms with van der Waals surface area (Å²) in [5.74, 6) is -1.05. The van der Waals surface area contributed by atoms with E-state index in [1.165, 1.54) is 17.8 Å². The molecule has 4 heteroatoms. The second-order valence-corrected chi connectivity index (χ2v) is 4.94. The van der Waals surface area contributed by atoms with E-state index in [2.05, 4.69) is 17.0 Å². The maximum atomic E-state index is 13.2. The van der Waals surface area contributed by atoms with Crippen LogP contribution in [0, 0.1) is 11.6 Å². The summed E-state index contributed by atoms with van der Waals surface area (Å²) < 4.78 is 26.5. The summed E-state index contributed by atoms with van der Waals surface area (Å²) in [6, 6.07) is 13.9. The highest BCUT2D eigenvalue weighted by atomic mass is 19.1. The van der Waals surface area contributed by atoms with Crippen LogP contribution in [0.1, 0.15) is 0 Å². The molecule has 0 bridgehead atoms. The van der Waals surface area contributed by atoms with Gasteiger partial charge in [-0.25, -0.2) is 8.78 Å². The minimum absolute atomic E-state index is 0.523. The fourth-order valence-electron chi connectivity index (χ4n) is 2.58. The van der Waals surface area contributed by atoms with Crippen molar-refractivity contribution in [3.63, 3.8) is 0 Å². The lowest BCUT2D eigenvalue weighted by Crippen LogP contribution is -2.46. The van der Waals surface area contributed by atoms with E-state index < -0.39 is 11.6 Å². The van der Waals surface area contributed by atoms with Gasteiger partial charge < -0.3 is 9.80 Å². The van der Waals surface area contributed by atoms with Crippen molar-refractivity contribution >= 4 is 11.4 Å². The Hall–Kier alpha value is -2.10. The topological polar surface area (TPSA) is 6.48 Å². The number of benzene rings is 2. The molecule has 0 aliphatic carbocycles. The van der Waals surface area contributed by atoms with Gasteiger partial charge >= 0.3 is 0 Å². The molecule has 0 radical (unpaired) electrons. The summed E-state index contributed by atoms with van der Waals surface area (Å²) in [6.07, 6.45) is 0. The van der Waals surface area contributed by atoms with E-state index >= 15 is 0 Å². The lowest BCUT2D eigenvalue weighted by atomic mass is 10.2. The number of hydrogen-bond donors (Lipinski definition) is 0. The van der Waals surface area contributed by atoms with Crippen LogP contribution in [0.25, 0.3) is 0 Å². The van der Waals surface area contributed by atoms with Gasteiger partial charge in [0.1, 0.15) is 11.6 Å². The summed E-state index contributed by atoms with van der Waals surface area (Å²) in [6.45, 7) is 3.22. The maximum Gasteiger partial charge on any atom is 0.128 e. The summed E-state index contributed by atoms with van der Waals surface area (Å²) >= 11 is 0. The third-order valence-corrected chi connectivity index (χ3v) is 3.61. The van der Waals surface area contributed by atoms with Crippen LogP contribution in [-0.2, 0) is 0 Å². The van der Waals surface area contributed by atoms with Crippen molar-refractivity contribution in [2.75, 3.05) is 36.0 Å². The smallest absolute Gasteiger partial charge is 0.128 e. The lowest BCUT2D eigenvalue weighted by molar-refractivity contribution is 0.578. The molecule has 1 heterocycles. The van der Waals surface area contributed by atoms with Crippen LogP contribution in [-0.4, -0.2) is 26.2 Å². The van der Waals surface area contributed by atoms with E-state index in [9.17, 15) is 8.78 Å². The fraction of sp³-hybridized carbons (Fsp3) is 0.250. The molecule has 1 aliphatic rings. The van der Waals surface area contributed by atoms with Crippen LogP contribution in [0.4, 0.5) is 20.2 Å². The van der Waals surface area contributed by atoms with E-state index in [0.717, 1.165) is 32.2 Å². The normalized spacial score (nSPS) is 15.5. The SMILES string of the molecule is Fc1cc(F)cc(N2CCN(c3ccccc3)CC2)c1. The van der Waals surface area contributed by atoms with Crippen molar-refractivity contribution in [2.24, 2.45) is 0 Å². The predicted molar refractivity (Wildman–Crippen MR) is 77.2 cm³/mol. The van der Waals surface area contributed by atoms with E-state index in [4.69, 9.17) is 0 Å². The number of rotatable bonds is 2. The van der Waals surface area contributed by atoms with Gasteiger partial charge in [0.15, 0.2) is 0 Å². The third-order valence-electron chi connectivity index (χ3n) is 3.61. The number of para-hydroxylation sites is 1. The Kier molecular flexibility index (Phi) is 3.54. The van der Waals surface area contributed by atoms with Crippen molar-refractivity contribution in [1.82, 2.24) is 0 Å². The third kappa shape index (κ3) is 2.74. The average molecular weight is 274 g/mol. The van der Waals surface area contributed by atoms with E-state index in [1.54, 1.807) is 0 Å². The van der Waals surface area contributed by atoms with Crippen LogP contribution in [0.2, 0.25) is 0 Å². The van der Waals surface area contributed by atoms with Crippen molar-refractivity contribution < 1.29 is 8.78 Å². The molecule has 0 aromatic heterocycles. The highest BCUT2D eigenvalue weighted by Gasteiger charge is 2.18. The van der Waals surface area contributed by atoms with Crippen LogP contribution in [0.5, 0.6) is 0 Å². The minimum atomic E-state index is -0.523. The van der Waals surface area contributed by atoms with Gasteiger partial charge in [-0.3, -0.25) is 0 Å². The second-order valence-electron chi connectivity index (χ2n) is 4.94. The number of nitrogens with zero attached hydrogens (tertiary/aromatic N) is 2. The molecule has 0 amide bonds. The summed E-state index contributed by atoms with van der Waals surface area (Å²) in [5, 5.41) is 0. The van der Waals surface area contributed by atoms with Gasteiger partial charge in [-0.15, -0.1) is 0 Å². The van der Waals surface area contributed by atoms with Crippen molar-refractivity contribution in [2.45, 2.75) is 0 Å². The Morgan fingerprint density at radius 1 is 0.650 bits per heavy atom. The van der Waals surface area contributed by atoms with Crippen LogP contribution in [0.15, 0.2) is 48.5 Å². The molecular weight excluding hydrogens is 258 g/mol. The van der Waals surface area contributed by atoms with Gasteiger partial charge in [-0.2, -0.15) is 0 Å². The standard InChI is InChI=1S/C16H16F2N2/c17-13-10-14(18)12-16(11-13)20-8-6-19(7-9-20)15-4-2-1-3-5-15/h1-5,10-12H,6-9H2. The fourth-order valence-corrected chi connectivity index (χ4v) is 2.58. The Morgan fingerprint density at radius 2 is 1.15 bits per heavy atom. The molecule has 0 spiro atoms. The van der Waals surface area contributed by atoms with Gasteiger partial charge in [0, 0.05) is 43.6 Å². The van der Waals surface area contributed by atoms with E-state index in [0.29, 0.717) is 5.69 Å². The monoisotopic (exact) mass is 274 g/mol. The van der Waals surface area contributed by atoms with Gasteiger partial charge in [0.05, 0.1) is 0 Å². The van der Waals surface area contributed by atoms with Crippen molar-refractivity contribution in [3.8, 4) is 0 Å². The van der Waals surface area contributed by atoms with Gasteiger partial charge in [-0.1, -0.05) is 18.2 Å². The molecule has 0 atom stereocenters. The highest BCUT2D eigenvalue weighted by Crippen LogP contribution is 2.22. The van der Waals surface area contributed by atoms with Gasteiger partial charge in [0.2, 0.25) is 0 Å². The largest absolute Gasteiger partial charge is 0.368 e.